The Balaban J connectivity index is 1.97. The number of pyridine rings is 1. The molecule has 1 saturated heterocycles. The number of nitrogens with zero attached hydrogens (tertiary/aromatic N) is 4. The molecule has 3 atom stereocenters. The van der Waals surface area contributed by atoms with Crippen molar-refractivity contribution in [2.24, 2.45) is 0 Å². The Morgan fingerprint density at radius 1 is 1.22 bits per heavy atom. The Bertz CT molecular complexity index is 885. The predicted octanol–water partition coefficient (Wildman–Crippen LogP) is 3.30. The van der Waals surface area contributed by atoms with Crippen LogP contribution >= 0.6 is 11.6 Å². The summed E-state index contributed by atoms with van der Waals surface area (Å²) in [7, 11) is 0. The fraction of sp³-hybridized carbons (Fsp3) is 0.471. The van der Waals surface area contributed by atoms with Crippen LogP contribution in [0.15, 0.2) is 29.3 Å². The van der Waals surface area contributed by atoms with Gasteiger partial charge in [0, 0.05) is 12.7 Å². The average molecular weight is 403 g/mol. The van der Waals surface area contributed by atoms with Gasteiger partial charge >= 0.3 is 6.18 Å². The van der Waals surface area contributed by atoms with Crippen molar-refractivity contribution in [3.8, 4) is 5.82 Å². The minimum Gasteiger partial charge on any atom is -0.372 e. The second kappa shape index (κ2) is 7.12. The summed E-state index contributed by atoms with van der Waals surface area (Å²) in [5, 5.41) is 3.98. The van der Waals surface area contributed by atoms with Crippen LogP contribution in [-0.4, -0.2) is 39.6 Å². The van der Waals surface area contributed by atoms with Gasteiger partial charge in [0.15, 0.2) is 5.82 Å². The van der Waals surface area contributed by atoms with E-state index in [0.29, 0.717) is 18.4 Å². The molecule has 0 unspecified atom stereocenters. The second-order valence-electron chi connectivity index (χ2n) is 6.51. The highest BCUT2D eigenvalue weighted by Gasteiger charge is 2.32. The van der Waals surface area contributed by atoms with Gasteiger partial charge < -0.3 is 9.64 Å². The van der Waals surface area contributed by atoms with Gasteiger partial charge in [-0.15, -0.1) is 0 Å². The van der Waals surface area contributed by atoms with Crippen molar-refractivity contribution in [1.29, 1.82) is 0 Å². The van der Waals surface area contributed by atoms with Crippen LogP contribution in [0.4, 0.5) is 18.9 Å². The molecule has 1 aliphatic heterocycles. The number of alkyl halides is 3. The van der Waals surface area contributed by atoms with Gasteiger partial charge in [-0.2, -0.15) is 23.0 Å². The average Bonchev–Trinajstić information content (AvgIpc) is 2.60. The summed E-state index contributed by atoms with van der Waals surface area (Å²) in [5.74, 6) is -0.0433. The Morgan fingerprint density at radius 2 is 1.93 bits per heavy atom. The largest absolute Gasteiger partial charge is 0.417 e. The molecule has 0 amide bonds. The molecule has 0 N–H and O–H groups in total. The maximum absolute atomic E-state index is 12.7. The molecule has 2 aromatic heterocycles. The molecule has 3 heterocycles. The van der Waals surface area contributed by atoms with Crippen molar-refractivity contribution in [1.82, 2.24) is 14.8 Å². The summed E-state index contributed by atoms with van der Waals surface area (Å²) in [6, 6.07) is 1.89. The van der Waals surface area contributed by atoms with Gasteiger partial charge in [-0.3, -0.25) is 4.79 Å². The van der Waals surface area contributed by atoms with Crippen LogP contribution in [0, 0.1) is 0 Å². The van der Waals surface area contributed by atoms with Crippen LogP contribution in [-0.2, 0) is 10.9 Å². The molecule has 146 valence electrons. The number of hydrogen-bond acceptors (Lipinski definition) is 5. The molecule has 0 aliphatic carbocycles. The third-order valence-electron chi connectivity index (χ3n) is 4.57. The Morgan fingerprint density at radius 3 is 2.52 bits per heavy atom. The maximum Gasteiger partial charge on any atom is 0.417 e. The van der Waals surface area contributed by atoms with E-state index < -0.39 is 17.3 Å². The lowest BCUT2D eigenvalue weighted by molar-refractivity contribution is -0.137. The van der Waals surface area contributed by atoms with Gasteiger partial charge in [0.2, 0.25) is 0 Å². The predicted molar refractivity (Wildman–Crippen MR) is 94.5 cm³/mol. The van der Waals surface area contributed by atoms with Gasteiger partial charge in [-0.1, -0.05) is 11.6 Å². The fourth-order valence-electron chi connectivity index (χ4n) is 3.00. The van der Waals surface area contributed by atoms with Gasteiger partial charge in [0.25, 0.3) is 5.56 Å². The molecular formula is C17H18ClF3N4O2. The zero-order chi connectivity index (χ0) is 19.9. The van der Waals surface area contributed by atoms with Crippen molar-refractivity contribution < 1.29 is 17.9 Å². The summed E-state index contributed by atoms with van der Waals surface area (Å²) < 4.78 is 44.6. The summed E-state index contributed by atoms with van der Waals surface area (Å²) in [5.41, 5.74) is -1.10. The molecule has 1 fully saturated rings. The van der Waals surface area contributed by atoms with Gasteiger partial charge in [-0.05, 0) is 32.9 Å². The van der Waals surface area contributed by atoms with E-state index in [1.54, 1.807) is 0 Å². The summed E-state index contributed by atoms with van der Waals surface area (Å²) in [4.78, 5) is 18.3. The molecule has 2 aromatic rings. The summed E-state index contributed by atoms with van der Waals surface area (Å²) >= 11 is 6.28. The molecule has 6 nitrogen and oxygen atoms in total. The Kier molecular flexibility index (Phi) is 5.18. The zero-order valence-electron chi connectivity index (χ0n) is 14.9. The van der Waals surface area contributed by atoms with Crippen LogP contribution in [0.3, 0.4) is 0 Å². The third kappa shape index (κ3) is 3.79. The molecule has 0 aromatic carbocycles. The van der Waals surface area contributed by atoms with Crippen LogP contribution < -0.4 is 10.5 Å². The number of rotatable bonds is 2. The molecular weight excluding hydrogens is 385 g/mol. The highest BCUT2D eigenvalue weighted by atomic mass is 35.5. The number of aromatic nitrogens is 3. The maximum atomic E-state index is 12.7. The first-order valence-electron chi connectivity index (χ1n) is 8.33. The fourth-order valence-corrected chi connectivity index (χ4v) is 3.24. The lowest BCUT2D eigenvalue weighted by atomic mass is 10.1. The first-order chi connectivity index (χ1) is 12.6. The van der Waals surface area contributed by atoms with Gasteiger partial charge in [0.1, 0.15) is 5.02 Å². The molecule has 3 rings (SSSR count). The topological polar surface area (TPSA) is 60.2 Å². The van der Waals surface area contributed by atoms with Crippen molar-refractivity contribution in [3.63, 3.8) is 0 Å². The molecule has 27 heavy (non-hydrogen) atoms. The van der Waals surface area contributed by atoms with E-state index in [1.807, 2.05) is 25.7 Å². The van der Waals surface area contributed by atoms with E-state index in [1.165, 1.54) is 6.20 Å². The molecule has 0 saturated carbocycles. The lowest BCUT2D eigenvalue weighted by Crippen LogP contribution is -2.52. The minimum atomic E-state index is -4.51. The lowest BCUT2D eigenvalue weighted by Gasteiger charge is -2.42. The van der Waals surface area contributed by atoms with Crippen molar-refractivity contribution in [2.45, 2.75) is 45.2 Å². The number of ether oxygens (including phenoxy) is 1. The Labute approximate surface area is 158 Å². The second-order valence-corrected chi connectivity index (χ2v) is 6.89. The molecule has 0 radical (unpaired) electrons. The van der Waals surface area contributed by atoms with E-state index in [-0.39, 0.29) is 29.1 Å². The zero-order valence-corrected chi connectivity index (χ0v) is 15.6. The molecule has 1 aliphatic rings. The number of anilines is 1. The smallest absolute Gasteiger partial charge is 0.372 e. The van der Waals surface area contributed by atoms with E-state index in [0.717, 1.165) is 16.8 Å². The normalized spacial score (nSPS) is 23.5. The molecule has 10 heteroatoms. The van der Waals surface area contributed by atoms with Crippen LogP contribution in [0.1, 0.15) is 26.3 Å². The van der Waals surface area contributed by atoms with Crippen LogP contribution in [0.25, 0.3) is 5.82 Å². The van der Waals surface area contributed by atoms with E-state index in [9.17, 15) is 18.0 Å². The van der Waals surface area contributed by atoms with Crippen molar-refractivity contribution in [3.05, 3.63) is 45.5 Å². The van der Waals surface area contributed by atoms with Gasteiger partial charge in [0.05, 0.1) is 35.7 Å². The van der Waals surface area contributed by atoms with E-state index in [2.05, 4.69) is 10.1 Å². The standard InChI is InChI=1S/C17H18ClF3N4O2/c1-9-8-24(10(2)11(3)27-9)13-7-23-25(16(26)15(13)18)14-5-4-12(6-22-14)17(19,20)21/h4-7,9-11H,8H2,1-3H3/t9-,10+,11+/m1/s1. The highest BCUT2D eigenvalue weighted by Crippen LogP contribution is 2.30. The third-order valence-corrected chi connectivity index (χ3v) is 4.93. The number of hydrogen-bond donors (Lipinski definition) is 0. The minimum absolute atomic E-state index is 0.0278. The molecule has 0 spiro atoms. The van der Waals surface area contributed by atoms with Gasteiger partial charge in [-0.25, -0.2) is 4.98 Å². The molecule has 0 bridgehead atoms. The monoisotopic (exact) mass is 402 g/mol. The van der Waals surface area contributed by atoms with E-state index in [4.69, 9.17) is 16.3 Å². The first kappa shape index (κ1) is 19.6. The Hall–Kier alpha value is -2.13. The summed E-state index contributed by atoms with van der Waals surface area (Å²) in [6.07, 6.45) is -2.55. The number of halogens is 4. The van der Waals surface area contributed by atoms with E-state index >= 15 is 0 Å². The highest BCUT2D eigenvalue weighted by molar-refractivity contribution is 6.33. The van der Waals surface area contributed by atoms with Crippen molar-refractivity contribution in [2.75, 3.05) is 11.4 Å². The summed E-state index contributed by atoms with van der Waals surface area (Å²) in [6.45, 7) is 6.34. The van der Waals surface area contributed by atoms with Crippen LogP contribution in [0.2, 0.25) is 5.02 Å². The van der Waals surface area contributed by atoms with Crippen LogP contribution in [0.5, 0.6) is 0 Å². The quantitative estimate of drug-likeness (QED) is 0.771. The first-order valence-corrected chi connectivity index (χ1v) is 8.71. The van der Waals surface area contributed by atoms with Crippen molar-refractivity contribution >= 4 is 17.3 Å². The number of morpholine rings is 1. The SMILES string of the molecule is C[C@@H]1CN(c2cnn(-c3ccc(C(F)(F)F)cn3)c(=O)c2Cl)[C@@H](C)[C@H](C)O1.